The van der Waals surface area contributed by atoms with Gasteiger partial charge < -0.3 is 14.2 Å². The molecule has 0 fully saturated rings. The molecule has 0 radical (unpaired) electrons. The maximum atomic E-state index is 6.54. The number of nitrogens with zero attached hydrogens (tertiary/aromatic N) is 2. The molecule has 1 N–H and O–H groups in total. The van der Waals surface area contributed by atoms with Crippen LogP contribution in [0.4, 0.5) is 0 Å². The number of hydrogen-bond donors (Lipinski definition) is 1. The number of fused-ring (bicyclic) bond motifs is 12. The fourth-order valence-corrected chi connectivity index (χ4v) is 9.00. The fourth-order valence-electron chi connectivity index (χ4n) is 9.00. The van der Waals surface area contributed by atoms with Crippen molar-refractivity contribution < 1.29 is 8.83 Å². The molecular weight excluding hydrogens is 687 g/mol. The molecular formula is C51H33N3O2. The number of para-hydroxylation sites is 2. The zero-order chi connectivity index (χ0) is 36.7. The second-order valence-electron chi connectivity index (χ2n) is 14.8. The summed E-state index contributed by atoms with van der Waals surface area (Å²) < 4.78 is 13.0. The lowest BCUT2D eigenvalue weighted by atomic mass is 9.86. The molecule has 0 bridgehead atoms. The van der Waals surface area contributed by atoms with E-state index in [1.165, 1.54) is 38.2 Å². The van der Waals surface area contributed by atoms with Crippen LogP contribution in [0.15, 0.2) is 177 Å². The summed E-state index contributed by atoms with van der Waals surface area (Å²) in [4.78, 5) is 10.6. The fraction of sp³-hybridized carbons (Fsp3) is 0.0588. The van der Waals surface area contributed by atoms with Crippen LogP contribution in [0.5, 0.6) is 0 Å². The van der Waals surface area contributed by atoms with Crippen LogP contribution in [0, 0.1) is 0 Å². The molecule has 10 aromatic rings. The Labute approximate surface area is 321 Å². The van der Waals surface area contributed by atoms with Gasteiger partial charge in [-0.05, 0) is 98.6 Å². The third kappa shape index (κ3) is 4.74. The Morgan fingerprint density at radius 2 is 1.25 bits per heavy atom. The summed E-state index contributed by atoms with van der Waals surface area (Å²) in [6.45, 7) is 0. The molecule has 0 spiro atoms. The second-order valence-corrected chi connectivity index (χ2v) is 14.8. The van der Waals surface area contributed by atoms with E-state index >= 15 is 0 Å². The predicted octanol–water partition coefficient (Wildman–Crippen LogP) is 12.9. The molecule has 2 aromatic heterocycles. The number of aliphatic imine (C=N–C) groups is 2. The van der Waals surface area contributed by atoms with Crippen molar-refractivity contribution in [3.63, 3.8) is 0 Å². The molecule has 5 nitrogen and oxygen atoms in total. The van der Waals surface area contributed by atoms with Crippen LogP contribution in [0.2, 0.25) is 0 Å². The highest BCUT2D eigenvalue weighted by molar-refractivity contribution is 6.24. The van der Waals surface area contributed by atoms with Crippen molar-refractivity contribution in [3.05, 3.63) is 186 Å². The first-order valence-electron chi connectivity index (χ1n) is 19.2. The second kappa shape index (κ2) is 12.1. The summed E-state index contributed by atoms with van der Waals surface area (Å²) in [5.41, 5.74) is 11.2. The Hall–Kier alpha value is -7.24. The molecule has 56 heavy (non-hydrogen) atoms. The van der Waals surface area contributed by atoms with Gasteiger partial charge >= 0.3 is 0 Å². The summed E-state index contributed by atoms with van der Waals surface area (Å²) in [5, 5.41) is 13.0. The van der Waals surface area contributed by atoms with Crippen LogP contribution >= 0.6 is 0 Å². The van der Waals surface area contributed by atoms with Crippen LogP contribution < -0.4 is 5.32 Å². The Morgan fingerprint density at radius 3 is 2.16 bits per heavy atom. The lowest BCUT2D eigenvalue weighted by Gasteiger charge is -2.24. The van der Waals surface area contributed by atoms with Crippen molar-refractivity contribution >= 4 is 83.2 Å². The van der Waals surface area contributed by atoms with Gasteiger partial charge in [0.1, 0.15) is 34.3 Å². The van der Waals surface area contributed by atoms with Gasteiger partial charge in [0.2, 0.25) is 0 Å². The Balaban J connectivity index is 1.04. The first-order chi connectivity index (χ1) is 27.7. The van der Waals surface area contributed by atoms with Gasteiger partial charge in [-0.25, -0.2) is 9.98 Å². The molecule has 0 saturated carbocycles. The maximum Gasteiger partial charge on any atom is 0.160 e. The van der Waals surface area contributed by atoms with E-state index < -0.39 is 0 Å². The van der Waals surface area contributed by atoms with E-state index in [1.807, 2.05) is 48.5 Å². The van der Waals surface area contributed by atoms with Crippen molar-refractivity contribution in [2.45, 2.75) is 19.0 Å². The van der Waals surface area contributed by atoms with E-state index in [1.54, 1.807) is 0 Å². The molecule has 1 unspecified atom stereocenters. The Kier molecular flexibility index (Phi) is 6.75. The molecule has 0 amide bonds. The van der Waals surface area contributed by atoms with Gasteiger partial charge in [-0.3, -0.25) is 0 Å². The largest absolute Gasteiger partial charge is 0.456 e. The first-order valence-corrected chi connectivity index (χ1v) is 19.2. The van der Waals surface area contributed by atoms with Gasteiger partial charge in [-0.15, -0.1) is 0 Å². The van der Waals surface area contributed by atoms with Crippen LogP contribution in [-0.2, 0) is 6.42 Å². The standard InChI is InChI=1S/C51H33N3O2/c1-2-12-30(13-3-1)49-52-50(54-51(53-49)41-21-10-19-39-38-18-8-9-22-44(38)56-48(39)41)40-20-11-23-46-47(40)43-29-32(25-27-45(43)55-46)31-24-26-37-35-16-5-4-14-33(35)34-15-6-7-17-36(34)42(37)28-31/h1-3,5-13,15-29,49H,4,14H2,(H,52,53,54). The topological polar surface area (TPSA) is 63.0 Å². The summed E-state index contributed by atoms with van der Waals surface area (Å²) in [6.07, 6.45) is 6.41. The van der Waals surface area contributed by atoms with Crippen molar-refractivity contribution in [1.29, 1.82) is 0 Å². The number of benzene rings is 8. The minimum absolute atomic E-state index is 0.365. The van der Waals surface area contributed by atoms with E-state index in [-0.39, 0.29) is 6.17 Å². The number of rotatable bonds is 4. The zero-order valence-corrected chi connectivity index (χ0v) is 30.3. The van der Waals surface area contributed by atoms with Gasteiger partial charge in [0.25, 0.3) is 0 Å². The van der Waals surface area contributed by atoms with Crippen molar-refractivity contribution in [2.24, 2.45) is 9.98 Å². The van der Waals surface area contributed by atoms with Gasteiger partial charge in [-0.1, -0.05) is 127 Å². The average molecular weight is 720 g/mol. The number of hydrogen-bond acceptors (Lipinski definition) is 5. The first kappa shape index (κ1) is 31.1. The third-order valence-corrected chi connectivity index (χ3v) is 11.6. The van der Waals surface area contributed by atoms with Crippen LogP contribution in [0.25, 0.3) is 82.6 Å². The number of nitrogens with one attached hydrogen (secondary N) is 1. The number of aryl methyl sites for hydroxylation is 1. The maximum absolute atomic E-state index is 6.54. The van der Waals surface area contributed by atoms with Crippen LogP contribution in [0.1, 0.15) is 40.4 Å². The highest BCUT2D eigenvalue weighted by atomic mass is 16.3. The van der Waals surface area contributed by atoms with Crippen molar-refractivity contribution in [3.8, 4) is 11.1 Å². The third-order valence-electron chi connectivity index (χ3n) is 11.6. The summed E-state index contributed by atoms with van der Waals surface area (Å²) in [6, 6.07) is 53.2. The normalized spacial score (nSPS) is 15.5. The van der Waals surface area contributed by atoms with Crippen LogP contribution in [-0.4, -0.2) is 11.7 Å². The lowest BCUT2D eigenvalue weighted by Crippen LogP contribution is -2.33. The zero-order valence-electron chi connectivity index (χ0n) is 30.3. The minimum Gasteiger partial charge on any atom is -0.456 e. The monoisotopic (exact) mass is 719 g/mol. The molecule has 264 valence electrons. The van der Waals surface area contributed by atoms with E-state index in [2.05, 4.69) is 121 Å². The van der Waals surface area contributed by atoms with Gasteiger partial charge in [0, 0.05) is 27.1 Å². The highest BCUT2D eigenvalue weighted by Crippen LogP contribution is 2.41. The number of furan rings is 2. The van der Waals surface area contributed by atoms with Crippen molar-refractivity contribution in [2.75, 3.05) is 0 Å². The van der Waals surface area contributed by atoms with E-state index in [0.29, 0.717) is 11.7 Å². The molecule has 2 aliphatic rings. The highest BCUT2D eigenvalue weighted by Gasteiger charge is 2.26. The molecule has 12 rings (SSSR count). The van der Waals surface area contributed by atoms with Gasteiger partial charge in [0.15, 0.2) is 5.84 Å². The summed E-state index contributed by atoms with van der Waals surface area (Å²) in [7, 11) is 0. The molecule has 1 atom stereocenters. The van der Waals surface area contributed by atoms with Gasteiger partial charge in [-0.2, -0.15) is 0 Å². The van der Waals surface area contributed by atoms with Crippen LogP contribution in [0.3, 0.4) is 0 Å². The smallest absolute Gasteiger partial charge is 0.160 e. The van der Waals surface area contributed by atoms with Gasteiger partial charge in [0.05, 0.1) is 5.56 Å². The number of allylic oxidation sites excluding steroid dienone is 1. The Morgan fingerprint density at radius 1 is 0.536 bits per heavy atom. The molecule has 8 aromatic carbocycles. The quantitative estimate of drug-likeness (QED) is 0.184. The predicted molar refractivity (Wildman–Crippen MR) is 231 cm³/mol. The molecule has 0 saturated heterocycles. The molecule has 1 aliphatic carbocycles. The lowest BCUT2D eigenvalue weighted by molar-refractivity contribution is 0.659. The summed E-state index contributed by atoms with van der Waals surface area (Å²) in [5.74, 6) is 1.34. The average Bonchev–Trinajstić information content (AvgIpc) is 3.85. The van der Waals surface area contributed by atoms with Crippen molar-refractivity contribution in [1.82, 2.24) is 5.32 Å². The molecule has 1 aliphatic heterocycles. The Bertz CT molecular complexity index is 3350. The summed E-state index contributed by atoms with van der Waals surface area (Å²) >= 11 is 0. The molecule has 3 heterocycles. The van der Waals surface area contributed by atoms with E-state index in [9.17, 15) is 0 Å². The van der Waals surface area contributed by atoms with E-state index in [0.717, 1.165) is 79.0 Å². The molecule has 5 heteroatoms. The SMILES string of the molecule is C1=Cc2c(c3ccccc3c3cc(-c4ccc5oc6cccc(C7=NC(c8ccccc8)NC(c8cccc9c8oc8ccccc89)=N7)c6c5c4)ccc23)CC1. The number of amidine groups is 2. The minimum atomic E-state index is -0.365. The van der Waals surface area contributed by atoms with E-state index in [4.69, 9.17) is 18.8 Å².